The first-order valence-electron chi connectivity index (χ1n) is 6.18. The SMILES string of the molecule is CCC(CC)N(C)C1CCCCC1N. The molecule has 0 radical (unpaired) electrons. The van der Waals surface area contributed by atoms with Crippen LogP contribution in [0.3, 0.4) is 0 Å². The van der Waals surface area contributed by atoms with Crippen LogP contribution in [0.1, 0.15) is 52.4 Å². The molecule has 0 aromatic rings. The van der Waals surface area contributed by atoms with Crippen molar-refractivity contribution in [1.82, 2.24) is 4.90 Å². The summed E-state index contributed by atoms with van der Waals surface area (Å²) >= 11 is 0. The van der Waals surface area contributed by atoms with Crippen molar-refractivity contribution in [3.05, 3.63) is 0 Å². The van der Waals surface area contributed by atoms with Crippen molar-refractivity contribution in [1.29, 1.82) is 0 Å². The van der Waals surface area contributed by atoms with Gasteiger partial charge in [-0.15, -0.1) is 0 Å². The standard InChI is InChI=1S/C12H26N2/c1-4-10(5-2)14(3)12-9-7-6-8-11(12)13/h10-12H,4-9,13H2,1-3H3. The van der Waals surface area contributed by atoms with Gasteiger partial charge in [-0.2, -0.15) is 0 Å². The predicted octanol–water partition coefficient (Wildman–Crippen LogP) is 2.38. The van der Waals surface area contributed by atoms with Crippen molar-refractivity contribution >= 4 is 0 Å². The Morgan fingerprint density at radius 1 is 1.21 bits per heavy atom. The summed E-state index contributed by atoms with van der Waals surface area (Å²) in [5, 5.41) is 0. The molecule has 0 aromatic carbocycles. The Kier molecular flexibility index (Phi) is 4.90. The lowest BCUT2D eigenvalue weighted by Gasteiger charge is -2.40. The largest absolute Gasteiger partial charge is 0.326 e. The molecule has 2 nitrogen and oxygen atoms in total. The maximum atomic E-state index is 6.19. The second-order valence-corrected chi connectivity index (χ2v) is 4.65. The van der Waals surface area contributed by atoms with Crippen LogP contribution in [0.2, 0.25) is 0 Å². The van der Waals surface area contributed by atoms with Crippen molar-refractivity contribution in [3.8, 4) is 0 Å². The predicted molar refractivity (Wildman–Crippen MR) is 62.4 cm³/mol. The van der Waals surface area contributed by atoms with E-state index in [9.17, 15) is 0 Å². The van der Waals surface area contributed by atoms with Gasteiger partial charge in [0.2, 0.25) is 0 Å². The number of nitrogens with zero attached hydrogens (tertiary/aromatic N) is 1. The summed E-state index contributed by atoms with van der Waals surface area (Å²) in [6.07, 6.45) is 7.70. The topological polar surface area (TPSA) is 29.3 Å². The smallest absolute Gasteiger partial charge is 0.0247 e. The van der Waals surface area contributed by atoms with Crippen molar-refractivity contribution in [3.63, 3.8) is 0 Å². The van der Waals surface area contributed by atoms with Gasteiger partial charge < -0.3 is 5.73 Å². The Hall–Kier alpha value is -0.0800. The van der Waals surface area contributed by atoms with E-state index in [4.69, 9.17) is 5.73 Å². The molecule has 84 valence electrons. The Morgan fingerprint density at radius 3 is 2.29 bits per heavy atom. The molecule has 2 heteroatoms. The molecule has 1 aliphatic carbocycles. The molecule has 0 aliphatic heterocycles. The molecule has 2 unspecified atom stereocenters. The lowest BCUT2D eigenvalue weighted by molar-refractivity contribution is 0.115. The fourth-order valence-electron chi connectivity index (χ4n) is 2.78. The van der Waals surface area contributed by atoms with Crippen LogP contribution in [-0.4, -0.2) is 30.1 Å². The van der Waals surface area contributed by atoms with E-state index in [2.05, 4.69) is 25.8 Å². The van der Waals surface area contributed by atoms with E-state index in [0.717, 1.165) is 6.04 Å². The van der Waals surface area contributed by atoms with Crippen LogP contribution >= 0.6 is 0 Å². The summed E-state index contributed by atoms with van der Waals surface area (Å²) in [4.78, 5) is 2.53. The van der Waals surface area contributed by atoms with Gasteiger partial charge in [-0.05, 0) is 32.7 Å². The molecular formula is C12H26N2. The Balaban J connectivity index is 2.52. The zero-order valence-electron chi connectivity index (χ0n) is 10.00. The minimum Gasteiger partial charge on any atom is -0.326 e. The first-order valence-corrected chi connectivity index (χ1v) is 6.18. The van der Waals surface area contributed by atoms with E-state index in [-0.39, 0.29) is 0 Å². The molecule has 0 heterocycles. The molecule has 2 atom stereocenters. The highest BCUT2D eigenvalue weighted by molar-refractivity contribution is 4.86. The van der Waals surface area contributed by atoms with Crippen LogP contribution in [0.25, 0.3) is 0 Å². The Bertz CT molecular complexity index is 154. The highest BCUT2D eigenvalue weighted by Gasteiger charge is 2.28. The van der Waals surface area contributed by atoms with Gasteiger partial charge in [0, 0.05) is 18.1 Å². The molecule has 14 heavy (non-hydrogen) atoms. The quantitative estimate of drug-likeness (QED) is 0.751. The van der Waals surface area contributed by atoms with Gasteiger partial charge in [0.1, 0.15) is 0 Å². The zero-order valence-corrected chi connectivity index (χ0v) is 10.00. The van der Waals surface area contributed by atoms with E-state index in [0.29, 0.717) is 12.1 Å². The lowest BCUT2D eigenvalue weighted by atomic mass is 9.89. The molecule has 1 saturated carbocycles. The average molecular weight is 198 g/mol. The van der Waals surface area contributed by atoms with Crippen LogP contribution in [0.15, 0.2) is 0 Å². The van der Waals surface area contributed by atoms with Crippen molar-refractivity contribution in [2.24, 2.45) is 5.73 Å². The van der Waals surface area contributed by atoms with Crippen LogP contribution in [0, 0.1) is 0 Å². The van der Waals surface area contributed by atoms with Gasteiger partial charge in [-0.1, -0.05) is 26.7 Å². The molecule has 0 spiro atoms. The molecule has 1 aliphatic rings. The van der Waals surface area contributed by atoms with E-state index in [1.807, 2.05) is 0 Å². The Labute approximate surface area is 88.8 Å². The number of hydrogen-bond acceptors (Lipinski definition) is 2. The summed E-state index contributed by atoms with van der Waals surface area (Å²) in [5.74, 6) is 0. The average Bonchev–Trinajstić information content (AvgIpc) is 2.20. The monoisotopic (exact) mass is 198 g/mol. The van der Waals surface area contributed by atoms with E-state index in [1.165, 1.54) is 38.5 Å². The first kappa shape index (κ1) is 12.0. The van der Waals surface area contributed by atoms with Crippen molar-refractivity contribution in [2.75, 3.05) is 7.05 Å². The molecule has 1 fully saturated rings. The molecule has 1 rings (SSSR count). The van der Waals surface area contributed by atoms with Crippen LogP contribution in [-0.2, 0) is 0 Å². The lowest BCUT2D eigenvalue weighted by Crippen LogP contribution is -2.51. The Morgan fingerprint density at radius 2 is 1.79 bits per heavy atom. The molecule has 0 amide bonds. The van der Waals surface area contributed by atoms with Gasteiger partial charge in [-0.25, -0.2) is 0 Å². The van der Waals surface area contributed by atoms with Crippen LogP contribution < -0.4 is 5.73 Å². The summed E-state index contributed by atoms with van der Waals surface area (Å²) in [7, 11) is 2.26. The minimum absolute atomic E-state index is 0.411. The summed E-state index contributed by atoms with van der Waals surface area (Å²) < 4.78 is 0. The van der Waals surface area contributed by atoms with E-state index in [1.54, 1.807) is 0 Å². The third-order valence-electron chi connectivity index (χ3n) is 3.82. The van der Waals surface area contributed by atoms with Crippen LogP contribution in [0.4, 0.5) is 0 Å². The summed E-state index contributed by atoms with van der Waals surface area (Å²) in [6.45, 7) is 4.55. The van der Waals surface area contributed by atoms with Gasteiger partial charge in [0.25, 0.3) is 0 Å². The molecule has 0 aromatic heterocycles. The first-order chi connectivity index (χ1) is 6.70. The van der Waals surface area contributed by atoms with Gasteiger partial charge in [0.05, 0.1) is 0 Å². The third-order valence-corrected chi connectivity index (χ3v) is 3.82. The summed E-state index contributed by atoms with van der Waals surface area (Å²) in [6, 6.07) is 1.77. The van der Waals surface area contributed by atoms with Gasteiger partial charge in [0.15, 0.2) is 0 Å². The molecule has 0 saturated heterocycles. The number of nitrogens with two attached hydrogens (primary N) is 1. The fraction of sp³-hybridized carbons (Fsp3) is 1.00. The van der Waals surface area contributed by atoms with Crippen molar-refractivity contribution in [2.45, 2.75) is 70.5 Å². The van der Waals surface area contributed by atoms with E-state index < -0.39 is 0 Å². The minimum atomic E-state index is 0.411. The van der Waals surface area contributed by atoms with E-state index >= 15 is 0 Å². The fourth-order valence-corrected chi connectivity index (χ4v) is 2.78. The number of rotatable bonds is 4. The number of hydrogen-bond donors (Lipinski definition) is 1. The second kappa shape index (κ2) is 5.72. The van der Waals surface area contributed by atoms with Gasteiger partial charge >= 0.3 is 0 Å². The molecule has 2 N–H and O–H groups in total. The maximum absolute atomic E-state index is 6.19. The molecular weight excluding hydrogens is 172 g/mol. The highest BCUT2D eigenvalue weighted by atomic mass is 15.2. The highest BCUT2D eigenvalue weighted by Crippen LogP contribution is 2.23. The normalized spacial score (nSPS) is 28.7. The van der Waals surface area contributed by atoms with Gasteiger partial charge in [-0.3, -0.25) is 4.90 Å². The third kappa shape index (κ3) is 2.71. The number of likely N-dealkylation sites (N-methyl/N-ethyl adjacent to an activating group) is 1. The summed E-state index contributed by atoms with van der Waals surface area (Å²) in [5.41, 5.74) is 6.19. The van der Waals surface area contributed by atoms with Crippen molar-refractivity contribution < 1.29 is 0 Å². The maximum Gasteiger partial charge on any atom is 0.0247 e. The zero-order chi connectivity index (χ0) is 10.6. The van der Waals surface area contributed by atoms with Crippen LogP contribution in [0.5, 0.6) is 0 Å². The molecule has 0 bridgehead atoms. The second-order valence-electron chi connectivity index (χ2n) is 4.65.